The van der Waals surface area contributed by atoms with Gasteiger partial charge in [0.2, 0.25) is 0 Å². The average Bonchev–Trinajstić information content (AvgIpc) is 3.42. The number of hydrogen-bond donors (Lipinski definition) is 1. The Balaban J connectivity index is 1.68. The zero-order chi connectivity index (χ0) is 23.4. The summed E-state index contributed by atoms with van der Waals surface area (Å²) >= 11 is 1.23. The molecule has 3 heterocycles. The second-order valence-electron chi connectivity index (χ2n) is 8.29. The van der Waals surface area contributed by atoms with Gasteiger partial charge in [-0.05, 0) is 48.6 Å². The van der Waals surface area contributed by atoms with Crippen molar-refractivity contribution in [2.24, 2.45) is 0 Å². The van der Waals surface area contributed by atoms with E-state index in [9.17, 15) is 14.7 Å². The van der Waals surface area contributed by atoms with Crippen LogP contribution in [-0.4, -0.2) is 32.7 Å². The van der Waals surface area contributed by atoms with E-state index in [1.54, 1.807) is 36.1 Å². The first-order valence-corrected chi connectivity index (χ1v) is 11.6. The zero-order valence-electron chi connectivity index (χ0n) is 18.1. The molecule has 9 heteroatoms. The Morgan fingerprint density at radius 2 is 2.15 bits per heavy atom. The van der Waals surface area contributed by atoms with E-state index in [-0.39, 0.29) is 17.7 Å². The zero-order valence-corrected chi connectivity index (χ0v) is 19.0. The highest BCUT2D eigenvalue weighted by molar-refractivity contribution is 7.25. The van der Waals surface area contributed by atoms with Gasteiger partial charge in [-0.25, -0.2) is 14.8 Å². The highest BCUT2D eigenvalue weighted by Crippen LogP contribution is 2.46. The number of oxazole rings is 1. The minimum Gasteiger partial charge on any atom is -0.497 e. The Labute approximate surface area is 197 Å². The summed E-state index contributed by atoms with van der Waals surface area (Å²) in [6.45, 7) is 0.156. The van der Waals surface area contributed by atoms with E-state index < -0.39 is 5.97 Å². The molecule has 1 N–H and O–H groups in total. The maximum Gasteiger partial charge on any atom is 0.337 e. The van der Waals surface area contributed by atoms with E-state index in [2.05, 4.69) is 4.98 Å². The van der Waals surface area contributed by atoms with Gasteiger partial charge in [0.1, 0.15) is 22.2 Å². The molecular formula is C25H19N3O5S. The van der Waals surface area contributed by atoms with Gasteiger partial charge in [0.05, 0.1) is 35.5 Å². The van der Waals surface area contributed by atoms with Crippen molar-refractivity contribution in [2.75, 3.05) is 7.11 Å². The first-order valence-electron chi connectivity index (χ1n) is 10.8. The molecule has 0 spiro atoms. The highest BCUT2D eigenvalue weighted by atomic mass is 32.1. The number of hydrogen-bond acceptors (Lipinski definition) is 7. The molecule has 1 saturated carbocycles. The molecule has 8 nitrogen and oxygen atoms in total. The van der Waals surface area contributed by atoms with Crippen LogP contribution in [0.15, 0.2) is 58.2 Å². The van der Waals surface area contributed by atoms with Crippen LogP contribution >= 0.6 is 11.3 Å². The SMILES string of the molecule is COc1ccc(-c2nc3sc4c(C(=O)O)cccc4c3c(=O)n2Cc2cnco2)c(C2CC2)c1. The van der Waals surface area contributed by atoms with Crippen LogP contribution in [0, 0.1) is 0 Å². The molecule has 3 aromatic heterocycles. The third kappa shape index (κ3) is 3.28. The van der Waals surface area contributed by atoms with Crippen molar-refractivity contribution < 1.29 is 19.1 Å². The summed E-state index contributed by atoms with van der Waals surface area (Å²) in [4.78, 5) is 35.1. The maximum atomic E-state index is 13.9. The molecule has 1 aliphatic rings. The Hall–Kier alpha value is -3.98. The molecule has 6 rings (SSSR count). The van der Waals surface area contributed by atoms with Gasteiger partial charge in [-0.3, -0.25) is 9.36 Å². The lowest BCUT2D eigenvalue weighted by Gasteiger charge is -2.15. The molecule has 0 aliphatic heterocycles. The molecule has 5 aromatic rings. The van der Waals surface area contributed by atoms with Crippen molar-refractivity contribution in [3.8, 4) is 17.1 Å². The lowest BCUT2D eigenvalue weighted by molar-refractivity contribution is 0.0699. The van der Waals surface area contributed by atoms with E-state index in [0.29, 0.717) is 37.8 Å². The molecule has 0 saturated heterocycles. The van der Waals surface area contributed by atoms with Crippen LogP contribution in [0.3, 0.4) is 0 Å². The van der Waals surface area contributed by atoms with Gasteiger partial charge in [0.25, 0.3) is 5.56 Å². The molecule has 0 atom stereocenters. The minimum atomic E-state index is -1.04. The first-order chi connectivity index (χ1) is 16.5. The number of methoxy groups -OCH3 is 1. The summed E-state index contributed by atoms with van der Waals surface area (Å²) < 4.78 is 13.0. The summed E-state index contributed by atoms with van der Waals surface area (Å²) in [6.07, 6.45) is 5.04. The number of ether oxygens (including phenoxy) is 1. The van der Waals surface area contributed by atoms with Gasteiger partial charge in [-0.15, -0.1) is 11.3 Å². The normalized spacial score (nSPS) is 13.6. The van der Waals surface area contributed by atoms with Gasteiger partial charge in [0.15, 0.2) is 6.39 Å². The van der Waals surface area contributed by atoms with Gasteiger partial charge >= 0.3 is 5.97 Å². The molecule has 0 unspecified atom stereocenters. The predicted octanol–water partition coefficient (Wildman–Crippen LogP) is 4.90. The van der Waals surface area contributed by atoms with Crippen LogP contribution in [0.4, 0.5) is 0 Å². The van der Waals surface area contributed by atoms with Gasteiger partial charge in [-0.1, -0.05) is 12.1 Å². The lowest BCUT2D eigenvalue weighted by Crippen LogP contribution is -2.24. The van der Waals surface area contributed by atoms with Crippen molar-refractivity contribution >= 4 is 37.6 Å². The lowest BCUT2D eigenvalue weighted by atomic mass is 10.0. The number of nitrogens with zero attached hydrogens (tertiary/aromatic N) is 3. The minimum absolute atomic E-state index is 0.156. The molecule has 0 bridgehead atoms. The number of thiophene rings is 1. The fourth-order valence-electron chi connectivity index (χ4n) is 4.38. The molecule has 0 amide bonds. The van der Waals surface area contributed by atoms with Gasteiger partial charge in [-0.2, -0.15) is 0 Å². The molecular weight excluding hydrogens is 454 g/mol. The molecule has 170 valence electrons. The Bertz CT molecular complexity index is 1630. The molecule has 34 heavy (non-hydrogen) atoms. The number of carboxylic acid groups (broad SMARTS) is 1. The molecule has 0 radical (unpaired) electrons. The van der Waals surface area contributed by atoms with E-state index in [4.69, 9.17) is 14.1 Å². The maximum absolute atomic E-state index is 13.9. The fraction of sp³-hybridized carbons (Fsp3) is 0.200. The number of rotatable bonds is 6. The fourth-order valence-corrected chi connectivity index (χ4v) is 5.55. The smallest absolute Gasteiger partial charge is 0.337 e. The van der Waals surface area contributed by atoms with Crippen LogP contribution in [0.2, 0.25) is 0 Å². The van der Waals surface area contributed by atoms with Crippen LogP contribution in [-0.2, 0) is 6.54 Å². The molecule has 1 fully saturated rings. The number of fused-ring (bicyclic) bond motifs is 3. The van der Waals surface area contributed by atoms with E-state index in [0.717, 1.165) is 29.7 Å². The third-order valence-electron chi connectivity index (χ3n) is 6.16. The van der Waals surface area contributed by atoms with Crippen LogP contribution in [0.25, 0.3) is 31.7 Å². The summed E-state index contributed by atoms with van der Waals surface area (Å²) in [7, 11) is 1.63. The van der Waals surface area contributed by atoms with Gasteiger partial charge in [0, 0.05) is 10.9 Å². The Morgan fingerprint density at radius 3 is 2.85 bits per heavy atom. The van der Waals surface area contributed by atoms with Crippen molar-refractivity contribution in [3.05, 3.63) is 76.2 Å². The number of aromatic nitrogens is 3. The van der Waals surface area contributed by atoms with Gasteiger partial charge < -0.3 is 14.3 Å². The summed E-state index contributed by atoms with van der Waals surface area (Å²) in [5.74, 6) is 1.14. The second-order valence-corrected chi connectivity index (χ2v) is 9.29. The number of carboxylic acids is 1. The van der Waals surface area contributed by atoms with E-state index >= 15 is 0 Å². The van der Waals surface area contributed by atoms with Crippen molar-refractivity contribution in [1.29, 1.82) is 0 Å². The number of carbonyl (C=O) groups is 1. The largest absolute Gasteiger partial charge is 0.497 e. The summed E-state index contributed by atoms with van der Waals surface area (Å²) in [5.41, 5.74) is 1.86. The third-order valence-corrected chi connectivity index (χ3v) is 7.30. The van der Waals surface area contributed by atoms with E-state index in [1.807, 2.05) is 18.2 Å². The second kappa shape index (κ2) is 7.81. The molecule has 2 aromatic carbocycles. The van der Waals surface area contributed by atoms with E-state index in [1.165, 1.54) is 17.7 Å². The van der Waals surface area contributed by atoms with Crippen LogP contribution in [0.1, 0.15) is 40.4 Å². The average molecular weight is 474 g/mol. The Morgan fingerprint density at radius 1 is 1.29 bits per heavy atom. The van der Waals surface area contributed by atoms with Crippen molar-refractivity contribution in [1.82, 2.24) is 14.5 Å². The van der Waals surface area contributed by atoms with Crippen molar-refractivity contribution in [3.63, 3.8) is 0 Å². The standard InChI is InChI=1S/C25H19N3O5S/c1-32-14-7-8-16(19(9-14)13-5-6-13)22-27-23-20(24(29)28(22)11-15-10-26-12-33-15)17-3-2-4-18(25(30)31)21(17)34-23/h2-4,7-10,12-13H,5-6,11H2,1H3,(H,30,31). The van der Waals surface area contributed by atoms with Crippen molar-refractivity contribution in [2.45, 2.75) is 25.3 Å². The quantitative estimate of drug-likeness (QED) is 0.374. The topological polar surface area (TPSA) is 107 Å². The summed E-state index contributed by atoms with van der Waals surface area (Å²) in [5, 5.41) is 10.7. The molecule has 1 aliphatic carbocycles. The number of aromatic carboxylic acids is 1. The first kappa shape index (κ1) is 20.6. The Kier molecular flexibility index (Phi) is 4.73. The monoisotopic (exact) mass is 473 g/mol. The van der Waals surface area contributed by atoms with Crippen LogP contribution in [0.5, 0.6) is 5.75 Å². The number of benzene rings is 2. The van der Waals surface area contributed by atoms with Crippen LogP contribution < -0.4 is 10.3 Å². The summed E-state index contributed by atoms with van der Waals surface area (Å²) in [6, 6.07) is 10.8. The highest BCUT2D eigenvalue weighted by Gasteiger charge is 2.29. The predicted molar refractivity (Wildman–Crippen MR) is 128 cm³/mol.